The minimum Gasteiger partial charge on any atom is -0.299 e. The summed E-state index contributed by atoms with van der Waals surface area (Å²) in [6.07, 6.45) is 1.20. The molecule has 8 nitrogen and oxygen atoms in total. The van der Waals surface area contributed by atoms with Crippen molar-refractivity contribution < 1.29 is 4.92 Å². The highest BCUT2D eigenvalue weighted by Crippen LogP contribution is 2.17. The fourth-order valence-electron chi connectivity index (χ4n) is 2.09. The third-order valence-electron chi connectivity index (χ3n) is 3.22. The predicted molar refractivity (Wildman–Crippen MR) is 77.5 cm³/mol. The molecule has 0 saturated carbocycles. The summed E-state index contributed by atoms with van der Waals surface area (Å²) in [6.45, 7) is 1.72. The highest BCUT2D eigenvalue weighted by Gasteiger charge is 2.16. The van der Waals surface area contributed by atoms with Crippen LogP contribution in [0.4, 0.5) is 5.69 Å². The molecule has 112 valence electrons. The van der Waals surface area contributed by atoms with E-state index in [1.807, 2.05) is 0 Å². The van der Waals surface area contributed by atoms with Gasteiger partial charge in [-0.05, 0) is 6.92 Å². The molecule has 2 aromatic rings. The van der Waals surface area contributed by atoms with Crippen LogP contribution in [0.25, 0.3) is 0 Å². The molecular weight excluding hydrogens is 288 g/mol. The molecule has 0 saturated heterocycles. The van der Waals surface area contributed by atoms with Gasteiger partial charge in [0, 0.05) is 24.4 Å². The summed E-state index contributed by atoms with van der Waals surface area (Å²) in [4.78, 5) is 34.8. The Balaban J connectivity index is 2.65. The van der Waals surface area contributed by atoms with Crippen molar-refractivity contribution >= 4 is 5.69 Å². The van der Waals surface area contributed by atoms with Crippen LogP contribution in [0.3, 0.4) is 0 Å². The number of rotatable bonds is 4. The Morgan fingerprint density at radius 1 is 1.32 bits per heavy atom. The second-order valence-corrected chi connectivity index (χ2v) is 4.50. The number of aryl methyl sites for hydroxylation is 1. The summed E-state index contributed by atoms with van der Waals surface area (Å²) >= 11 is 0. The van der Waals surface area contributed by atoms with Gasteiger partial charge in [-0.3, -0.25) is 24.0 Å². The lowest BCUT2D eigenvalue weighted by Crippen LogP contribution is -2.41. The van der Waals surface area contributed by atoms with E-state index < -0.39 is 16.2 Å². The molecule has 2 rings (SSSR count). The maximum absolute atomic E-state index is 12.2. The lowest BCUT2D eigenvalue weighted by molar-refractivity contribution is -0.385. The molecule has 8 heteroatoms. The van der Waals surface area contributed by atoms with Gasteiger partial charge in [-0.15, -0.1) is 0 Å². The monoisotopic (exact) mass is 300 g/mol. The average Bonchev–Trinajstić information content (AvgIpc) is 2.52. The smallest absolute Gasteiger partial charge is 0.299 e. The van der Waals surface area contributed by atoms with Crippen molar-refractivity contribution in [3.63, 3.8) is 0 Å². The number of hydrogen-bond acceptors (Lipinski definition) is 5. The molecule has 0 unspecified atom stereocenters. The van der Waals surface area contributed by atoms with Crippen molar-refractivity contribution in [2.75, 3.05) is 0 Å². The van der Waals surface area contributed by atoms with Crippen molar-refractivity contribution in [1.29, 1.82) is 5.26 Å². The van der Waals surface area contributed by atoms with Crippen LogP contribution in [-0.2, 0) is 13.1 Å². The van der Waals surface area contributed by atoms with E-state index in [2.05, 4.69) is 0 Å². The molecule has 0 atom stereocenters. The molecule has 0 amide bonds. The summed E-state index contributed by atoms with van der Waals surface area (Å²) < 4.78 is 2.05. The Hall–Kier alpha value is -3.21. The van der Waals surface area contributed by atoms with Gasteiger partial charge in [0.2, 0.25) is 0 Å². The van der Waals surface area contributed by atoms with Gasteiger partial charge >= 0.3 is 5.69 Å². The van der Waals surface area contributed by atoms with Crippen molar-refractivity contribution in [2.24, 2.45) is 0 Å². The topological polar surface area (TPSA) is 111 Å². The van der Waals surface area contributed by atoms with Gasteiger partial charge in [0.15, 0.2) is 0 Å². The SMILES string of the molecule is CCn1cc(C#N)c(=O)n(Cc2ccccc2[N+](=O)[O-])c1=O. The number of nitrogens with zero attached hydrogens (tertiary/aromatic N) is 4. The lowest BCUT2D eigenvalue weighted by Gasteiger charge is -2.09. The molecule has 0 fully saturated rings. The van der Waals surface area contributed by atoms with E-state index in [1.54, 1.807) is 19.1 Å². The van der Waals surface area contributed by atoms with Crippen LogP contribution in [0, 0.1) is 21.4 Å². The van der Waals surface area contributed by atoms with Gasteiger partial charge in [0.1, 0.15) is 11.6 Å². The van der Waals surface area contributed by atoms with Crippen LogP contribution in [0.5, 0.6) is 0 Å². The minimum absolute atomic E-state index is 0.181. The fourth-order valence-corrected chi connectivity index (χ4v) is 2.09. The number of hydrogen-bond donors (Lipinski definition) is 0. The van der Waals surface area contributed by atoms with Gasteiger partial charge in [-0.25, -0.2) is 4.79 Å². The van der Waals surface area contributed by atoms with Gasteiger partial charge in [-0.1, -0.05) is 18.2 Å². The van der Waals surface area contributed by atoms with Crippen LogP contribution in [0.2, 0.25) is 0 Å². The minimum atomic E-state index is -0.754. The summed E-state index contributed by atoms with van der Waals surface area (Å²) in [5, 5.41) is 20.0. The van der Waals surface area contributed by atoms with E-state index in [9.17, 15) is 19.7 Å². The predicted octanol–water partition coefficient (Wildman–Crippen LogP) is 0.858. The first-order valence-electron chi connectivity index (χ1n) is 6.46. The van der Waals surface area contributed by atoms with Crippen molar-refractivity contribution in [2.45, 2.75) is 20.0 Å². The number of benzene rings is 1. The molecule has 1 heterocycles. The number of nitriles is 1. The molecule has 1 aromatic carbocycles. The largest absolute Gasteiger partial charge is 0.331 e. The zero-order valence-electron chi connectivity index (χ0n) is 11.7. The number of para-hydroxylation sites is 1. The first kappa shape index (κ1) is 15.2. The Morgan fingerprint density at radius 3 is 2.59 bits per heavy atom. The molecule has 1 aromatic heterocycles. The Kier molecular flexibility index (Phi) is 4.18. The first-order chi connectivity index (χ1) is 10.5. The zero-order valence-corrected chi connectivity index (χ0v) is 11.7. The average molecular weight is 300 g/mol. The zero-order chi connectivity index (χ0) is 16.3. The van der Waals surface area contributed by atoms with Gasteiger partial charge in [0.05, 0.1) is 11.5 Å². The molecule has 22 heavy (non-hydrogen) atoms. The second kappa shape index (κ2) is 6.05. The van der Waals surface area contributed by atoms with Crippen molar-refractivity contribution in [1.82, 2.24) is 9.13 Å². The second-order valence-electron chi connectivity index (χ2n) is 4.50. The van der Waals surface area contributed by atoms with E-state index in [0.717, 1.165) is 4.57 Å². The van der Waals surface area contributed by atoms with Gasteiger partial charge < -0.3 is 0 Å². The number of aromatic nitrogens is 2. The summed E-state index contributed by atoms with van der Waals surface area (Å²) in [6, 6.07) is 7.59. The van der Waals surface area contributed by atoms with Crippen LogP contribution in [-0.4, -0.2) is 14.1 Å². The molecule has 0 aliphatic rings. The Bertz CT molecular complexity index is 889. The van der Waals surface area contributed by atoms with E-state index in [0.29, 0.717) is 0 Å². The van der Waals surface area contributed by atoms with E-state index in [1.165, 1.54) is 29.0 Å². The van der Waals surface area contributed by atoms with Gasteiger partial charge in [-0.2, -0.15) is 5.26 Å². The molecule has 0 radical (unpaired) electrons. The first-order valence-corrected chi connectivity index (χ1v) is 6.46. The van der Waals surface area contributed by atoms with Crippen LogP contribution >= 0.6 is 0 Å². The third-order valence-corrected chi connectivity index (χ3v) is 3.22. The lowest BCUT2D eigenvalue weighted by atomic mass is 10.2. The van der Waals surface area contributed by atoms with Crippen molar-refractivity contribution in [3.8, 4) is 6.07 Å². The van der Waals surface area contributed by atoms with Gasteiger partial charge in [0.25, 0.3) is 11.2 Å². The molecule has 0 bridgehead atoms. The highest BCUT2D eigenvalue weighted by molar-refractivity contribution is 5.40. The van der Waals surface area contributed by atoms with Crippen LogP contribution in [0.15, 0.2) is 40.1 Å². The van der Waals surface area contributed by atoms with Crippen LogP contribution in [0.1, 0.15) is 18.1 Å². The molecule has 0 aliphatic heterocycles. The Labute approximate surface area is 124 Å². The van der Waals surface area contributed by atoms with E-state index in [-0.39, 0.29) is 29.9 Å². The number of nitro groups is 1. The summed E-state index contributed by atoms with van der Waals surface area (Å²) in [5.74, 6) is 0. The normalized spacial score (nSPS) is 10.2. The summed E-state index contributed by atoms with van der Waals surface area (Å²) in [5.41, 5.74) is -1.50. The van der Waals surface area contributed by atoms with E-state index in [4.69, 9.17) is 5.26 Å². The number of nitro benzene ring substituents is 1. The maximum Gasteiger partial charge on any atom is 0.331 e. The quantitative estimate of drug-likeness (QED) is 0.614. The third kappa shape index (κ3) is 2.64. The van der Waals surface area contributed by atoms with Crippen LogP contribution < -0.4 is 11.2 Å². The summed E-state index contributed by atoms with van der Waals surface area (Å²) in [7, 11) is 0. The maximum atomic E-state index is 12.2. The molecule has 0 spiro atoms. The molecular formula is C14H12N4O4. The molecule has 0 aliphatic carbocycles. The standard InChI is InChI=1S/C14H12N4O4/c1-2-16-8-11(7-15)13(19)17(14(16)20)9-10-5-3-4-6-12(10)18(21)22/h3-6,8H,2,9H2,1H3. The van der Waals surface area contributed by atoms with Crippen molar-refractivity contribution in [3.05, 3.63) is 72.5 Å². The molecule has 0 N–H and O–H groups in total. The fraction of sp³-hybridized carbons (Fsp3) is 0.214. The van der Waals surface area contributed by atoms with E-state index >= 15 is 0 Å². The highest BCUT2D eigenvalue weighted by atomic mass is 16.6. The Morgan fingerprint density at radius 2 is 2.00 bits per heavy atom.